The van der Waals surface area contributed by atoms with Crippen molar-refractivity contribution in [2.45, 2.75) is 51.0 Å². The Bertz CT molecular complexity index is 412. The molecule has 1 aliphatic heterocycles. The fourth-order valence-corrected chi connectivity index (χ4v) is 3.69. The highest BCUT2D eigenvalue weighted by Crippen LogP contribution is 2.23. The highest BCUT2D eigenvalue weighted by molar-refractivity contribution is 5.74. The Morgan fingerprint density at radius 2 is 1.87 bits per heavy atom. The Labute approximate surface area is 138 Å². The van der Waals surface area contributed by atoms with Gasteiger partial charge in [-0.3, -0.25) is 5.01 Å². The number of likely N-dealkylation sites (tertiary alicyclic amines) is 1. The molecule has 2 fully saturated rings. The largest absolute Gasteiger partial charge is 0.453 e. The summed E-state index contributed by atoms with van der Waals surface area (Å²) in [6, 6.07) is 0.187. The van der Waals surface area contributed by atoms with Crippen LogP contribution in [-0.2, 0) is 4.74 Å². The van der Waals surface area contributed by atoms with Crippen LogP contribution in [0.4, 0.5) is 9.59 Å². The van der Waals surface area contributed by atoms with E-state index in [0.717, 1.165) is 25.7 Å². The summed E-state index contributed by atoms with van der Waals surface area (Å²) in [6.07, 6.45) is 7.35. The van der Waals surface area contributed by atoms with Crippen molar-refractivity contribution in [3.8, 4) is 0 Å². The second kappa shape index (κ2) is 8.38. The maximum Gasteiger partial charge on any atom is 0.409 e. The van der Waals surface area contributed by atoms with Crippen LogP contribution < -0.4 is 5.84 Å². The van der Waals surface area contributed by atoms with E-state index in [9.17, 15) is 9.59 Å². The smallest absolute Gasteiger partial charge is 0.409 e. The van der Waals surface area contributed by atoms with Crippen molar-refractivity contribution in [1.29, 1.82) is 0 Å². The molecule has 1 saturated carbocycles. The van der Waals surface area contributed by atoms with Gasteiger partial charge >= 0.3 is 12.1 Å². The number of hydrogen-bond acceptors (Lipinski definition) is 4. The predicted molar refractivity (Wildman–Crippen MR) is 87.6 cm³/mol. The van der Waals surface area contributed by atoms with Gasteiger partial charge in [0.15, 0.2) is 0 Å². The van der Waals surface area contributed by atoms with Crippen LogP contribution in [0, 0.1) is 5.92 Å². The normalized spacial score (nSPS) is 22.6. The third kappa shape index (κ3) is 4.73. The van der Waals surface area contributed by atoms with Gasteiger partial charge in [-0.1, -0.05) is 19.3 Å². The molecule has 132 valence electrons. The number of rotatable bonds is 3. The molecule has 3 amide bonds. The second-order valence-electron chi connectivity index (χ2n) is 6.76. The number of urea groups is 1. The molecule has 1 atom stereocenters. The van der Waals surface area contributed by atoms with Gasteiger partial charge in [-0.2, -0.15) is 0 Å². The Hall–Kier alpha value is -1.50. The second-order valence-corrected chi connectivity index (χ2v) is 6.76. The Morgan fingerprint density at radius 1 is 1.17 bits per heavy atom. The highest BCUT2D eigenvalue weighted by Gasteiger charge is 2.29. The summed E-state index contributed by atoms with van der Waals surface area (Å²) >= 11 is 0. The zero-order valence-electron chi connectivity index (χ0n) is 14.4. The predicted octanol–water partition coefficient (Wildman–Crippen LogP) is 2.02. The summed E-state index contributed by atoms with van der Waals surface area (Å²) in [5.74, 6) is 6.22. The standard InChI is InChI=1S/C16H30N4O3/c1-18(14-8-4-3-5-9-14)15(21)20(17)12-13-7-6-10-19(11-13)16(22)23-2/h13-14H,3-12,17H2,1-2H3. The van der Waals surface area contributed by atoms with E-state index in [2.05, 4.69) is 0 Å². The first-order valence-electron chi connectivity index (χ1n) is 8.64. The molecule has 0 radical (unpaired) electrons. The maximum atomic E-state index is 12.5. The van der Waals surface area contributed by atoms with Crippen LogP contribution in [0.15, 0.2) is 0 Å². The molecule has 7 nitrogen and oxygen atoms in total. The molecule has 1 saturated heterocycles. The fourth-order valence-electron chi connectivity index (χ4n) is 3.69. The van der Waals surface area contributed by atoms with Gasteiger partial charge < -0.3 is 14.5 Å². The molecule has 7 heteroatoms. The first kappa shape index (κ1) is 17.8. The third-order valence-electron chi connectivity index (χ3n) is 5.08. The molecule has 23 heavy (non-hydrogen) atoms. The number of hydrazine groups is 1. The van der Waals surface area contributed by atoms with E-state index in [4.69, 9.17) is 10.6 Å². The van der Waals surface area contributed by atoms with Gasteiger partial charge in [0.1, 0.15) is 0 Å². The minimum atomic E-state index is -0.302. The van der Waals surface area contributed by atoms with Crippen molar-refractivity contribution in [2.24, 2.45) is 11.8 Å². The molecule has 0 aromatic heterocycles. The molecular weight excluding hydrogens is 296 g/mol. The van der Waals surface area contributed by atoms with Gasteiger partial charge in [-0.05, 0) is 31.6 Å². The first-order valence-corrected chi connectivity index (χ1v) is 8.64. The van der Waals surface area contributed by atoms with Crippen LogP contribution in [-0.4, -0.2) is 66.8 Å². The van der Waals surface area contributed by atoms with Crippen molar-refractivity contribution in [2.75, 3.05) is 33.8 Å². The summed E-state index contributed by atoms with van der Waals surface area (Å²) in [6.45, 7) is 1.79. The van der Waals surface area contributed by atoms with E-state index in [1.54, 1.807) is 9.80 Å². The lowest BCUT2D eigenvalue weighted by Gasteiger charge is -2.37. The first-order chi connectivity index (χ1) is 11.0. The summed E-state index contributed by atoms with van der Waals surface area (Å²) in [5.41, 5.74) is 0. The van der Waals surface area contributed by atoms with E-state index >= 15 is 0 Å². The monoisotopic (exact) mass is 326 g/mol. The Balaban J connectivity index is 1.83. The molecule has 0 aromatic rings. The molecule has 1 heterocycles. The lowest BCUT2D eigenvalue weighted by atomic mass is 9.94. The van der Waals surface area contributed by atoms with Crippen LogP contribution in [0.1, 0.15) is 44.9 Å². The van der Waals surface area contributed by atoms with Crippen molar-refractivity contribution < 1.29 is 14.3 Å². The van der Waals surface area contributed by atoms with Gasteiger partial charge in [0.05, 0.1) is 7.11 Å². The molecular formula is C16H30N4O3. The molecule has 1 aliphatic carbocycles. The number of hydrogen-bond donors (Lipinski definition) is 1. The number of amides is 3. The fraction of sp³-hybridized carbons (Fsp3) is 0.875. The molecule has 2 N–H and O–H groups in total. The van der Waals surface area contributed by atoms with Gasteiger partial charge in [0.2, 0.25) is 0 Å². The van der Waals surface area contributed by atoms with E-state index in [-0.39, 0.29) is 18.0 Å². The van der Waals surface area contributed by atoms with E-state index < -0.39 is 0 Å². The zero-order valence-corrected chi connectivity index (χ0v) is 14.4. The van der Waals surface area contributed by atoms with Crippen LogP contribution in [0.5, 0.6) is 0 Å². The van der Waals surface area contributed by atoms with E-state index in [1.807, 2.05) is 7.05 Å². The van der Waals surface area contributed by atoms with Gasteiger partial charge in [-0.15, -0.1) is 0 Å². The Morgan fingerprint density at radius 3 is 2.52 bits per heavy atom. The SMILES string of the molecule is COC(=O)N1CCCC(CN(N)C(=O)N(C)C2CCCCC2)C1. The average molecular weight is 326 g/mol. The number of carbonyl (C=O) groups is 2. The highest BCUT2D eigenvalue weighted by atomic mass is 16.5. The van der Waals surface area contributed by atoms with Gasteiger partial charge in [0.25, 0.3) is 0 Å². The number of piperidine rings is 1. The van der Waals surface area contributed by atoms with Gasteiger partial charge in [-0.25, -0.2) is 15.4 Å². The summed E-state index contributed by atoms with van der Waals surface area (Å²) in [4.78, 5) is 27.6. The Kier molecular flexibility index (Phi) is 6.50. The van der Waals surface area contributed by atoms with Crippen molar-refractivity contribution in [3.05, 3.63) is 0 Å². The topological polar surface area (TPSA) is 79.1 Å². The van der Waals surface area contributed by atoms with Crippen LogP contribution in [0.3, 0.4) is 0 Å². The quantitative estimate of drug-likeness (QED) is 0.489. The maximum absolute atomic E-state index is 12.5. The number of carbonyl (C=O) groups excluding carboxylic acids is 2. The van der Waals surface area contributed by atoms with E-state index in [1.165, 1.54) is 31.4 Å². The van der Waals surface area contributed by atoms with Crippen molar-refractivity contribution in [3.63, 3.8) is 0 Å². The molecule has 1 unspecified atom stereocenters. The third-order valence-corrected chi connectivity index (χ3v) is 5.08. The number of nitrogens with zero attached hydrogens (tertiary/aromatic N) is 3. The minimum Gasteiger partial charge on any atom is -0.453 e. The molecule has 2 rings (SSSR count). The summed E-state index contributed by atoms with van der Waals surface area (Å²) in [7, 11) is 3.24. The summed E-state index contributed by atoms with van der Waals surface area (Å²) in [5, 5.41) is 1.32. The van der Waals surface area contributed by atoms with Gasteiger partial charge in [0, 0.05) is 32.7 Å². The number of ether oxygens (including phenoxy) is 1. The van der Waals surface area contributed by atoms with Crippen molar-refractivity contribution >= 4 is 12.1 Å². The average Bonchev–Trinajstić information content (AvgIpc) is 2.60. The number of nitrogens with two attached hydrogens (primary N) is 1. The lowest BCUT2D eigenvalue weighted by molar-refractivity contribution is 0.0885. The van der Waals surface area contributed by atoms with Crippen LogP contribution >= 0.6 is 0 Å². The van der Waals surface area contributed by atoms with Crippen LogP contribution in [0.2, 0.25) is 0 Å². The lowest BCUT2D eigenvalue weighted by Crippen LogP contribution is -2.53. The van der Waals surface area contributed by atoms with Crippen LogP contribution in [0.25, 0.3) is 0 Å². The van der Waals surface area contributed by atoms with E-state index in [0.29, 0.717) is 25.7 Å². The molecule has 0 spiro atoms. The summed E-state index contributed by atoms with van der Waals surface area (Å²) < 4.78 is 4.77. The molecule has 2 aliphatic rings. The molecule has 0 bridgehead atoms. The molecule has 0 aromatic carbocycles. The zero-order chi connectivity index (χ0) is 16.8. The van der Waals surface area contributed by atoms with Crippen molar-refractivity contribution in [1.82, 2.24) is 14.8 Å². The minimum absolute atomic E-state index is 0.118. The number of methoxy groups -OCH3 is 1.